The van der Waals surface area contributed by atoms with Crippen molar-refractivity contribution in [3.8, 4) is 0 Å². The Bertz CT molecular complexity index is 1720. The third-order valence-corrected chi connectivity index (χ3v) is 12.3. The highest BCUT2D eigenvalue weighted by molar-refractivity contribution is 7.91. The number of benzene rings is 2. The van der Waals surface area contributed by atoms with E-state index in [-0.39, 0.29) is 0 Å². The van der Waals surface area contributed by atoms with Crippen LogP contribution in [-0.2, 0) is 57.5 Å². The second kappa shape index (κ2) is 12.8. The molecule has 1 heterocycles. The Labute approximate surface area is 254 Å². The molecule has 0 radical (unpaired) electrons. The van der Waals surface area contributed by atoms with Crippen molar-refractivity contribution in [3.05, 3.63) is 59.7 Å². The third kappa shape index (κ3) is 5.54. The van der Waals surface area contributed by atoms with Gasteiger partial charge in [0.15, 0.2) is 0 Å². The number of nitrogens with zero attached hydrogens (tertiary/aromatic N) is 2. The number of imide groups is 1. The Kier molecular flexibility index (Phi) is 10.1. The average Bonchev–Trinajstić information content (AvgIpc) is 3.21. The standard InChI is InChI=1S/C26H31N2O13PS2/c1-7-40-22(29)21(42(33,38-5)39-6)26(24(31)41-8-2)23(30)27(43(34,35)19-13-9-17(3)10-14-19)25(32)28(26)44(36,37)20-15-11-18(4)12-16-20/h9-16,21H,7-8H2,1-6H3/t21?,26-/m0/s1. The van der Waals surface area contributed by atoms with Crippen molar-refractivity contribution in [3.63, 3.8) is 0 Å². The molecule has 1 aliphatic heterocycles. The summed E-state index contributed by atoms with van der Waals surface area (Å²) in [6, 6.07) is 7.32. The van der Waals surface area contributed by atoms with Crippen molar-refractivity contribution in [1.29, 1.82) is 0 Å². The number of rotatable bonds is 12. The van der Waals surface area contributed by atoms with Gasteiger partial charge < -0.3 is 18.5 Å². The van der Waals surface area contributed by atoms with Crippen LogP contribution in [0.3, 0.4) is 0 Å². The lowest BCUT2D eigenvalue weighted by molar-refractivity contribution is -0.163. The molecule has 1 saturated heterocycles. The minimum atomic E-state index is -5.44. The number of carbonyl (C=O) groups is 4. The second-order valence-corrected chi connectivity index (χ2v) is 15.2. The summed E-state index contributed by atoms with van der Waals surface area (Å²) in [5, 5.41) is 0. The zero-order valence-electron chi connectivity index (χ0n) is 24.6. The molecule has 2 atom stereocenters. The van der Waals surface area contributed by atoms with Gasteiger partial charge in [0.25, 0.3) is 31.5 Å². The molecule has 0 saturated carbocycles. The highest BCUT2D eigenvalue weighted by Gasteiger charge is 2.79. The molecule has 240 valence electrons. The highest BCUT2D eigenvalue weighted by atomic mass is 32.2. The molecular weight excluding hydrogens is 643 g/mol. The van der Waals surface area contributed by atoms with Crippen LogP contribution in [-0.4, -0.2) is 88.0 Å². The Hall–Kier alpha value is -3.63. The van der Waals surface area contributed by atoms with E-state index in [0.29, 0.717) is 11.1 Å². The Morgan fingerprint density at radius 1 is 0.795 bits per heavy atom. The molecular formula is C26H31N2O13PS2. The number of amides is 3. The van der Waals surface area contributed by atoms with Crippen LogP contribution in [0, 0.1) is 13.8 Å². The van der Waals surface area contributed by atoms with Gasteiger partial charge in [-0.3, -0.25) is 14.2 Å². The fraction of sp³-hybridized carbons (Fsp3) is 0.385. The van der Waals surface area contributed by atoms with E-state index in [0.717, 1.165) is 38.5 Å². The molecule has 0 aromatic heterocycles. The molecule has 2 aromatic carbocycles. The number of hydrogen-bond donors (Lipinski definition) is 0. The maximum Gasteiger partial charge on any atom is 0.356 e. The molecule has 1 unspecified atom stereocenters. The van der Waals surface area contributed by atoms with Gasteiger partial charge in [-0.05, 0) is 52.0 Å². The molecule has 3 amide bonds. The largest absolute Gasteiger partial charge is 0.465 e. The number of sulfonamides is 2. The van der Waals surface area contributed by atoms with E-state index in [9.17, 15) is 40.6 Å². The lowest BCUT2D eigenvalue weighted by Gasteiger charge is -2.38. The molecule has 0 bridgehead atoms. The van der Waals surface area contributed by atoms with Crippen LogP contribution in [0.5, 0.6) is 0 Å². The van der Waals surface area contributed by atoms with E-state index in [4.69, 9.17) is 18.5 Å². The van der Waals surface area contributed by atoms with E-state index in [1.54, 1.807) is 13.8 Å². The highest BCUT2D eigenvalue weighted by Crippen LogP contribution is 2.59. The summed E-state index contributed by atoms with van der Waals surface area (Å²) in [5.41, 5.74) is -5.56. The molecule has 44 heavy (non-hydrogen) atoms. The van der Waals surface area contributed by atoms with E-state index < -0.39 is 94.3 Å². The number of ether oxygens (including phenoxy) is 2. The van der Waals surface area contributed by atoms with E-state index in [2.05, 4.69) is 0 Å². The molecule has 3 rings (SSSR count). The minimum absolute atomic E-state index is 0.414. The van der Waals surface area contributed by atoms with Crippen molar-refractivity contribution in [2.45, 2.75) is 48.7 Å². The van der Waals surface area contributed by atoms with Crippen LogP contribution in [0.15, 0.2) is 58.3 Å². The Morgan fingerprint density at radius 3 is 1.64 bits per heavy atom. The van der Waals surface area contributed by atoms with E-state index in [1.165, 1.54) is 38.1 Å². The van der Waals surface area contributed by atoms with Gasteiger partial charge in [0.05, 0.1) is 23.0 Å². The zero-order chi connectivity index (χ0) is 33.3. The molecule has 18 heteroatoms. The van der Waals surface area contributed by atoms with Gasteiger partial charge in [0.2, 0.25) is 5.66 Å². The van der Waals surface area contributed by atoms with E-state index in [1.807, 2.05) is 0 Å². The number of urea groups is 1. The van der Waals surface area contributed by atoms with Gasteiger partial charge in [-0.15, -0.1) is 4.31 Å². The van der Waals surface area contributed by atoms with Gasteiger partial charge in [-0.1, -0.05) is 35.4 Å². The summed E-state index contributed by atoms with van der Waals surface area (Å²) >= 11 is 0. The predicted octanol–water partition coefficient (Wildman–Crippen LogP) is 2.36. The number of carbonyl (C=O) groups excluding carboxylic acids is 4. The third-order valence-electron chi connectivity index (χ3n) is 6.61. The number of hydrogen-bond acceptors (Lipinski definition) is 13. The lowest BCUT2D eigenvalue weighted by Crippen LogP contribution is -2.67. The summed E-state index contributed by atoms with van der Waals surface area (Å²) < 4.78 is 89.3. The van der Waals surface area contributed by atoms with Crippen LogP contribution >= 0.6 is 7.60 Å². The summed E-state index contributed by atoms with van der Waals surface area (Å²) in [4.78, 5) is 54.8. The van der Waals surface area contributed by atoms with Gasteiger partial charge in [0.1, 0.15) is 0 Å². The first-order chi connectivity index (χ1) is 20.5. The minimum Gasteiger partial charge on any atom is -0.465 e. The first-order valence-electron chi connectivity index (χ1n) is 12.9. The zero-order valence-corrected chi connectivity index (χ0v) is 27.1. The van der Waals surface area contributed by atoms with Crippen molar-refractivity contribution < 1.29 is 59.1 Å². The quantitative estimate of drug-likeness (QED) is 0.138. The number of aryl methyl sites for hydroxylation is 2. The summed E-state index contributed by atoms with van der Waals surface area (Å²) in [6.07, 6.45) is 0. The maximum absolute atomic E-state index is 14.5. The summed E-state index contributed by atoms with van der Waals surface area (Å²) in [5.74, 6) is -5.69. The average molecular weight is 675 g/mol. The Morgan fingerprint density at radius 2 is 1.23 bits per heavy atom. The fourth-order valence-electron chi connectivity index (χ4n) is 4.48. The first-order valence-corrected chi connectivity index (χ1v) is 17.4. The predicted molar refractivity (Wildman–Crippen MR) is 152 cm³/mol. The van der Waals surface area contributed by atoms with Gasteiger partial charge in [-0.25, -0.2) is 26.4 Å². The second-order valence-electron chi connectivity index (χ2n) is 9.30. The molecule has 2 aromatic rings. The summed E-state index contributed by atoms with van der Waals surface area (Å²) in [6.45, 7) is 4.77. The van der Waals surface area contributed by atoms with Gasteiger partial charge >= 0.3 is 25.6 Å². The van der Waals surface area contributed by atoms with Crippen LogP contribution in [0.2, 0.25) is 0 Å². The van der Waals surface area contributed by atoms with E-state index >= 15 is 0 Å². The van der Waals surface area contributed by atoms with Gasteiger partial charge in [-0.2, -0.15) is 4.31 Å². The fourth-order valence-corrected chi connectivity index (χ4v) is 9.26. The number of esters is 2. The van der Waals surface area contributed by atoms with Crippen LogP contribution in [0.1, 0.15) is 25.0 Å². The normalized spacial score (nSPS) is 18.3. The maximum atomic E-state index is 14.5. The smallest absolute Gasteiger partial charge is 0.356 e. The molecule has 15 nitrogen and oxygen atoms in total. The van der Waals surface area contributed by atoms with Crippen molar-refractivity contribution in [1.82, 2.24) is 8.61 Å². The SMILES string of the molecule is CCOC(=O)C([C@@]1(C(=O)OCC)C(=O)N(S(=O)(=O)c2ccc(C)cc2)C(=O)N1S(=O)(=O)c1ccc(C)cc1)P(=O)(OC)OC. The molecule has 0 aliphatic carbocycles. The monoisotopic (exact) mass is 674 g/mol. The molecule has 0 N–H and O–H groups in total. The first kappa shape index (κ1) is 34.9. The van der Waals surface area contributed by atoms with Crippen molar-refractivity contribution in [2.24, 2.45) is 0 Å². The summed E-state index contributed by atoms with van der Waals surface area (Å²) in [7, 11) is -14.4. The Balaban J connectivity index is 2.58. The lowest BCUT2D eigenvalue weighted by atomic mass is 9.94. The van der Waals surface area contributed by atoms with Crippen LogP contribution in [0.4, 0.5) is 4.79 Å². The van der Waals surface area contributed by atoms with Crippen molar-refractivity contribution in [2.75, 3.05) is 27.4 Å². The molecule has 1 fully saturated rings. The van der Waals surface area contributed by atoms with Crippen LogP contribution in [0.25, 0.3) is 0 Å². The van der Waals surface area contributed by atoms with Crippen LogP contribution < -0.4 is 0 Å². The van der Waals surface area contributed by atoms with Gasteiger partial charge in [0, 0.05) is 14.2 Å². The molecule has 0 spiro atoms. The molecule has 1 aliphatic rings. The topological polar surface area (TPSA) is 197 Å². The van der Waals surface area contributed by atoms with Crippen molar-refractivity contribution >= 4 is 51.5 Å².